The minimum atomic E-state index is -0.165. The molecule has 0 radical (unpaired) electrons. The Bertz CT molecular complexity index is 317. The molecule has 1 aromatic rings. The predicted molar refractivity (Wildman–Crippen MR) is 63.9 cm³/mol. The standard InChI is InChI=1S/C13H20FNO/c1-10(7-8-16-2)12(9-15)11-5-3-4-6-13(11)14/h3-6,10,12H,7-9,15H2,1-2H3. The van der Waals surface area contributed by atoms with Gasteiger partial charge in [-0.05, 0) is 30.5 Å². The molecule has 1 aromatic carbocycles. The summed E-state index contributed by atoms with van der Waals surface area (Å²) in [6, 6.07) is 6.85. The van der Waals surface area contributed by atoms with E-state index in [4.69, 9.17) is 10.5 Å². The number of halogens is 1. The monoisotopic (exact) mass is 225 g/mol. The molecule has 90 valence electrons. The Labute approximate surface area is 96.6 Å². The first-order chi connectivity index (χ1) is 7.70. The molecule has 0 aromatic heterocycles. The number of nitrogens with two attached hydrogens (primary N) is 1. The lowest BCUT2D eigenvalue weighted by Crippen LogP contribution is -2.21. The third-order valence-electron chi connectivity index (χ3n) is 3.02. The Morgan fingerprint density at radius 3 is 2.62 bits per heavy atom. The number of rotatable bonds is 6. The van der Waals surface area contributed by atoms with E-state index in [1.165, 1.54) is 6.07 Å². The van der Waals surface area contributed by atoms with Gasteiger partial charge in [0.2, 0.25) is 0 Å². The minimum Gasteiger partial charge on any atom is -0.385 e. The fourth-order valence-electron chi connectivity index (χ4n) is 1.95. The van der Waals surface area contributed by atoms with Gasteiger partial charge in [-0.1, -0.05) is 25.1 Å². The van der Waals surface area contributed by atoms with Gasteiger partial charge in [0.05, 0.1) is 0 Å². The van der Waals surface area contributed by atoms with Crippen molar-refractivity contribution in [3.63, 3.8) is 0 Å². The van der Waals surface area contributed by atoms with E-state index in [0.29, 0.717) is 24.6 Å². The maximum atomic E-state index is 13.6. The maximum Gasteiger partial charge on any atom is 0.126 e. The van der Waals surface area contributed by atoms with E-state index in [0.717, 1.165) is 6.42 Å². The Balaban J connectivity index is 2.77. The van der Waals surface area contributed by atoms with Crippen molar-refractivity contribution >= 4 is 0 Å². The summed E-state index contributed by atoms with van der Waals surface area (Å²) in [6.07, 6.45) is 0.896. The molecule has 1 rings (SSSR count). The van der Waals surface area contributed by atoms with Gasteiger partial charge < -0.3 is 10.5 Å². The van der Waals surface area contributed by atoms with Crippen LogP contribution in [0.15, 0.2) is 24.3 Å². The molecule has 0 aliphatic heterocycles. The summed E-state index contributed by atoms with van der Waals surface area (Å²) < 4.78 is 18.7. The van der Waals surface area contributed by atoms with Crippen LogP contribution in [-0.2, 0) is 4.74 Å². The summed E-state index contributed by atoms with van der Waals surface area (Å²) in [5.74, 6) is 0.223. The van der Waals surface area contributed by atoms with Crippen LogP contribution in [-0.4, -0.2) is 20.3 Å². The van der Waals surface area contributed by atoms with Gasteiger partial charge in [-0.25, -0.2) is 4.39 Å². The van der Waals surface area contributed by atoms with Crippen molar-refractivity contribution in [1.82, 2.24) is 0 Å². The zero-order chi connectivity index (χ0) is 12.0. The summed E-state index contributed by atoms with van der Waals surface area (Å²) in [4.78, 5) is 0. The molecule has 2 atom stereocenters. The first kappa shape index (κ1) is 13.1. The number of benzene rings is 1. The van der Waals surface area contributed by atoms with Gasteiger partial charge >= 0.3 is 0 Å². The van der Waals surface area contributed by atoms with Crippen molar-refractivity contribution in [3.8, 4) is 0 Å². The Morgan fingerprint density at radius 2 is 2.06 bits per heavy atom. The largest absolute Gasteiger partial charge is 0.385 e. The fourth-order valence-corrected chi connectivity index (χ4v) is 1.95. The van der Waals surface area contributed by atoms with Gasteiger partial charge in [-0.3, -0.25) is 0 Å². The lowest BCUT2D eigenvalue weighted by atomic mass is 9.85. The maximum absolute atomic E-state index is 13.6. The average molecular weight is 225 g/mol. The van der Waals surface area contributed by atoms with E-state index < -0.39 is 0 Å². The number of ether oxygens (including phenoxy) is 1. The third kappa shape index (κ3) is 3.29. The van der Waals surface area contributed by atoms with Crippen LogP contribution in [0, 0.1) is 11.7 Å². The molecule has 0 heterocycles. The predicted octanol–water partition coefficient (Wildman–Crippen LogP) is 2.54. The van der Waals surface area contributed by atoms with Crippen LogP contribution in [0.4, 0.5) is 4.39 Å². The first-order valence-electron chi connectivity index (χ1n) is 5.64. The molecule has 0 spiro atoms. The molecule has 2 nitrogen and oxygen atoms in total. The minimum absolute atomic E-state index is 0.0661. The van der Waals surface area contributed by atoms with Gasteiger partial charge in [-0.2, -0.15) is 0 Å². The van der Waals surface area contributed by atoms with Crippen molar-refractivity contribution in [1.29, 1.82) is 0 Å². The van der Waals surface area contributed by atoms with E-state index in [2.05, 4.69) is 6.92 Å². The number of hydrogen-bond acceptors (Lipinski definition) is 2. The topological polar surface area (TPSA) is 35.2 Å². The molecule has 3 heteroatoms. The molecule has 16 heavy (non-hydrogen) atoms. The highest BCUT2D eigenvalue weighted by Gasteiger charge is 2.20. The van der Waals surface area contributed by atoms with E-state index in [9.17, 15) is 4.39 Å². The highest BCUT2D eigenvalue weighted by atomic mass is 19.1. The molecule has 0 saturated carbocycles. The molecular weight excluding hydrogens is 205 g/mol. The summed E-state index contributed by atoms with van der Waals surface area (Å²) in [7, 11) is 1.67. The quantitative estimate of drug-likeness (QED) is 0.807. The van der Waals surface area contributed by atoms with Gasteiger partial charge in [-0.15, -0.1) is 0 Å². The molecule has 0 saturated heterocycles. The highest BCUT2D eigenvalue weighted by molar-refractivity contribution is 5.22. The van der Waals surface area contributed by atoms with Crippen LogP contribution in [0.25, 0.3) is 0 Å². The Kier molecular flexibility index (Phi) is 5.43. The van der Waals surface area contributed by atoms with E-state index in [1.54, 1.807) is 13.2 Å². The lowest BCUT2D eigenvalue weighted by molar-refractivity contribution is 0.174. The van der Waals surface area contributed by atoms with E-state index in [1.807, 2.05) is 12.1 Å². The second-order valence-electron chi connectivity index (χ2n) is 4.12. The molecule has 0 fully saturated rings. The Hall–Kier alpha value is -0.930. The molecule has 0 aliphatic rings. The van der Waals surface area contributed by atoms with E-state index in [-0.39, 0.29) is 11.7 Å². The summed E-state index contributed by atoms with van der Waals surface area (Å²) in [5, 5.41) is 0. The van der Waals surface area contributed by atoms with E-state index >= 15 is 0 Å². The first-order valence-corrected chi connectivity index (χ1v) is 5.64. The van der Waals surface area contributed by atoms with Crippen LogP contribution in [0.3, 0.4) is 0 Å². The van der Waals surface area contributed by atoms with Gasteiger partial charge in [0.1, 0.15) is 5.82 Å². The highest BCUT2D eigenvalue weighted by Crippen LogP contribution is 2.27. The van der Waals surface area contributed by atoms with Crippen LogP contribution >= 0.6 is 0 Å². The van der Waals surface area contributed by atoms with Crippen LogP contribution in [0.2, 0.25) is 0 Å². The van der Waals surface area contributed by atoms with Crippen molar-refractivity contribution in [2.75, 3.05) is 20.3 Å². The summed E-state index contributed by atoms with van der Waals surface area (Å²) in [5.41, 5.74) is 6.46. The molecule has 0 amide bonds. The average Bonchev–Trinajstić information content (AvgIpc) is 2.30. The zero-order valence-electron chi connectivity index (χ0n) is 9.95. The molecular formula is C13H20FNO. The smallest absolute Gasteiger partial charge is 0.126 e. The van der Waals surface area contributed by atoms with Crippen molar-refractivity contribution in [2.45, 2.75) is 19.3 Å². The molecule has 0 aliphatic carbocycles. The van der Waals surface area contributed by atoms with Gasteiger partial charge in [0, 0.05) is 19.6 Å². The third-order valence-corrected chi connectivity index (χ3v) is 3.02. The molecule has 0 bridgehead atoms. The van der Waals surface area contributed by atoms with Crippen LogP contribution in [0.5, 0.6) is 0 Å². The zero-order valence-corrected chi connectivity index (χ0v) is 9.95. The number of hydrogen-bond donors (Lipinski definition) is 1. The van der Waals surface area contributed by atoms with Crippen molar-refractivity contribution in [3.05, 3.63) is 35.6 Å². The molecule has 2 N–H and O–H groups in total. The van der Waals surface area contributed by atoms with Crippen LogP contribution < -0.4 is 5.73 Å². The number of methoxy groups -OCH3 is 1. The fraction of sp³-hybridized carbons (Fsp3) is 0.538. The Morgan fingerprint density at radius 1 is 1.38 bits per heavy atom. The van der Waals surface area contributed by atoms with Crippen molar-refractivity contribution < 1.29 is 9.13 Å². The molecule has 2 unspecified atom stereocenters. The van der Waals surface area contributed by atoms with Crippen LogP contribution in [0.1, 0.15) is 24.8 Å². The van der Waals surface area contributed by atoms with Gasteiger partial charge in [0.15, 0.2) is 0 Å². The second-order valence-corrected chi connectivity index (χ2v) is 4.12. The normalized spacial score (nSPS) is 14.8. The van der Waals surface area contributed by atoms with Crippen molar-refractivity contribution in [2.24, 2.45) is 11.7 Å². The summed E-state index contributed by atoms with van der Waals surface area (Å²) in [6.45, 7) is 3.24. The summed E-state index contributed by atoms with van der Waals surface area (Å²) >= 11 is 0. The lowest BCUT2D eigenvalue weighted by Gasteiger charge is -2.23. The SMILES string of the molecule is COCCC(C)C(CN)c1ccccc1F. The second kappa shape index (κ2) is 6.61. The van der Waals surface area contributed by atoms with Gasteiger partial charge in [0.25, 0.3) is 0 Å².